The van der Waals surface area contributed by atoms with Crippen LogP contribution in [0.4, 0.5) is 0 Å². The first kappa shape index (κ1) is 10.8. The van der Waals surface area contributed by atoms with Gasteiger partial charge in [0.05, 0.1) is 6.54 Å². The van der Waals surface area contributed by atoms with Crippen LogP contribution >= 0.6 is 0 Å². The van der Waals surface area contributed by atoms with Crippen LogP contribution in [-0.4, -0.2) is 23.4 Å². The highest BCUT2D eigenvalue weighted by atomic mass is 16.2. The zero-order valence-electron chi connectivity index (χ0n) is 10.3. The van der Waals surface area contributed by atoms with Crippen molar-refractivity contribution in [2.75, 3.05) is 6.54 Å². The van der Waals surface area contributed by atoms with Crippen LogP contribution in [0, 0.1) is 12.8 Å². The van der Waals surface area contributed by atoms with Gasteiger partial charge in [-0.3, -0.25) is 10.1 Å². The van der Waals surface area contributed by atoms with Gasteiger partial charge in [0.2, 0.25) is 5.91 Å². The largest absolute Gasteiger partial charge is 0.319 e. The molecule has 0 bridgehead atoms. The first-order chi connectivity index (χ1) is 8.16. The summed E-state index contributed by atoms with van der Waals surface area (Å²) in [7, 11) is 0. The van der Waals surface area contributed by atoms with Crippen LogP contribution in [0.3, 0.4) is 0 Å². The second kappa shape index (κ2) is 3.84. The van der Waals surface area contributed by atoms with Crippen LogP contribution < -0.4 is 5.32 Å². The van der Waals surface area contributed by atoms with E-state index < -0.39 is 0 Å². The Kier molecular flexibility index (Phi) is 2.44. The highest BCUT2D eigenvalue weighted by Crippen LogP contribution is 2.40. The fraction of sp³-hybridized carbons (Fsp3) is 0.500. The van der Waals surface area contributed by atoms with Crippen LogP contribution in [0.15, 0.2) is 24.3 Å². The predicted octanol–water partition coefficient (Wildman–Crippen LogP) is 1.83. The summed E-state index contributed by atoms with van der Waals surface area (Å²) in [5, 5.41) is 3.32. The highest BCUT2D eigenvalue weighted by molar-refractivity contribution is 5.81. The molecule has 0 aromatic heterocycles. The summed E-state index contributed by atoms with van der Waals surface area (Å²) in [6, 6.07) is 8.86. The Bertz CT molecular complexity index is 457. The van der Waals surface area contributed by atoms with Crippen molar-refractivity contribution in [3.8, 4) is 0 Å². The van der Waals surface area contributed by atoms with Crippen LogP contribution in [0.25, 0.3) is 0 Å². The molecular weight excluding hydrogens is 212 g/mol. The maximum absolute atomic E-state index is 11.9. The van der Waals surface area contributed by atoms with Crippen LogP contribution in [0.5, 0.6) is 0 Å². The van der Waals surface area contributed by atoms with E-state index in [1.165, 1.54) is 11.1 Å². The van der Waals surface area contributed by atoms with E-state index >= 15 is 0 Å². The number of rotatable bonds is 2. The van der Waals surface area contributed by atoms with Gasteiger partial charge in [-0.15, -0.1) is 0 Å². The number of hydrogen-bond donors (Lipinski definition) is 1. The monoisotopic (exact) mass is 230 g/mol. The maximum Gasteiger partial charge on any atom is 0.238 e. The molecule has 0 spiro atoms. The number of aryl methyl sites for hydroxylation is 1. The van der Waals surface area contributed by atoms with Gasteiger partial charge in [-0.2, -0.15) is 0 Å². The molecule has 1 aliphatic carbocycles. The minimum atomic E-state index is 0.0809. The Morgan fingerprint density at radius 1 is 1.41 bits per heavy atom. The second-order valence-electron chi connectivity index (χ2n) is 5.28. The van der Waals surface area contributed by atoms with Crippen molar-refractivity contribution in [1.29, 1.82) is 0 Å². The number of carbonyl (C=O) groups is 1. The second-order valence-corrected chi connectivity index (χ2v) is 5.28. The average molecular weight is 230 g/mol. The fourth-order valence-electron chi connectivity index (χ4n) is 2.70. The predicted molar refractivity (Wildman–Crippen MR) is 66.3 cm³/mol. The van der Waals surface area contributed by atoms with Crippen LogP contribution in [0.2, 0.25) is 0 Å². The summed E-state index contributed by atoms with van der Waals surface area (Å²) in [5.41, 5.74) is 2.45. The molecule has 3 rings (SSSR count). The molecular formula is C14H18N2O. The lowest BCUT2D eigenvalue weighted by Gasteiger charge is -2.25. The summed E-state index contributed by atoms with van der Waals surface area (Å²) >= 11 is 0. The molecule has 1 heterocycles. The van der Waals surface area contributed by atoms with E-state index in [0.29, 0.717) is 18.5 Å². The summed E-state index contributed by atoms with van der Waals surface area (Å²) in [5.74, 6) is 0.900. The Balaban J connectivity index is 1.89. The van der Waals surface area contributed by atoms with Crippen LogP contribution in [-0.2, 0) is 4.79 Å². The number of amides is 1. The van der Waals surface area contributed by atoms with Gasteiger partial charge < -0.3 is 4.90 Å². The minimum absolute atomic E-state index is 0.0809. The Morgan fingerprint density at radius 3 is 2.82 bits per heavy atom. The van der Waals surface area contributed by atoms with Gasteiger partial charge in [-0.1, -0.05) is 36.8 Å². The molecule has 2 aliphatic rings. The standard InChI is InChI=1S/C14H18N2O/c1-9-4-3-5-11(6-9)14-15-8-13(17)16(14)12-7-10(12)2/h3-6,10,12,14-15H,7-8H2,1-2H3. The smallest absolute Gasteiger partial charge is 0.238 e. The molecule has 3 unspecified atom stereocenters. The van der Waals surface area contributed by atoms with Crippen molar-refractivity contribution in [3.05, 3.63) is 35.4 Å². The Labute approximate surface area is 102 Å². The third kappa shape index (κ3) is 1.84. The van der Waals surface area contributed by atoms with E-state index in [9.17, 15) is 4.79 Å². The van der Waals surface area contributed by atoms with E-state index in [0.717, 1.165) is 6.42 Å². The third-order valence-electron chi connectivity index (χ3n) is 3.79. The molecule has 3 nitrogen and oxygen atoms in total. The average Bonchev–Trinajstić information content (AvgIpc) is 2.87. The number of benzene rings is 1. The molecule has 2 fully saturated rings. The molecule has 3 atom stereocenters. The van der Waals surface area contributed by atoms with Gasteiger partial charge in [0.15, 0.2) is 0 Å². The van der Waals surface area contributed by atoms with Crippen molar-refractivity contribution in [2.24, 2.45) is 5.92 Å². The van der Waals surface area contributed by atoms with Gasteiger partial charge in [0.1, 0.15) is 6.17 Å². The van der Waals surface area contributed by atoms with Crippen molar-refractivity contribution in [1.82, 2.24) is 10.2 Å². The summed E-state index contributed by atoms with van der Waals surface area (Å²) in [6.45, 7) is 4.77. The van der Waals surface area contributed by atoms with E-state index in [1.54, 1.807) is 0 Å². The van der Waals surface area contributed by atoms with Crippen molar-refractivity contribution in [3.63, 3.8) is 0 Å². The number of carbonyl (C=O) groups excluding carboxylic acids is 1. The first-order valence-electron chi connectivity index (χ1n) is 6.28. The first-order valence-corrected chi connectivity index (χ1v) is 6.28. The Morgan fingerprint density at radius 2 is 2.18 bits per heavy atom. The van der Waals surface area contributed by atoms with Gasteiger partial charge >= 0.3 is 0 Å². The molecule has 3 heteroatoms. The summed E-state index contributed by atoms with van der Waals surface area (Å²) < 4.78 is 0. The Hall–Kier alpha value is -1.35. The number of nitrogens with one attached hydrogen (secondary N) is 1. The van der Waals surface area contributed by atoms with Crippen LogP contribution in [0.1, 0.15) is 30.6 Å². The lowest BCUT2D eigenvalue weighted by atomic mass is 10.1. The van der Waals surface area contributed by atoms with E-state index in [2.05, 4.69) is 43.4 Å². The van der Waals surface area contributed by atoms with Crippen molar-refractivity contribution >= 4 is 5.91 Å². The van der Waals surface area contributed by atoms with Gasteiger partial charge in [0.25, 0.3) is 0 Å². The van der Waals surface area contributed by atoms with Gasteiger partial charge in [-0.05, 0) is 24.8 Å². The number of nitrogens with zero attached hydrogens (tertiary/aromatic N) is 1. The normalized spacial score (nSPS) is 32.0. The molecule has 1 amide bonds. The van der Waals surface area contributed by atoms with E-state index in [4.69, 9.17) is 0 Å². The van der Waals surface area contributed by atoms with Crippen molar-refractivity contribution < 1.29 is 4.79 Å². The van der Waals surface area contributed by atoms with Gasteiger partial charge in [0, 0.05) is 6.04 Å². The molecule has 17 heavy (non-hydrogen) atoms. The zero-order valence-corrected chi connectivity index (χ0v) is 10.3. The SMILES string of the molecule is Cc1cccc(C2NCC(=O)N2C2CC2C)c1. The fourth-order valence-corrected chi connectivity index (χ4v) is 2.70. The molecule has 1 saturated carbocycles. The van der Waals surface area contributed by atoms with Gasteiger partial charge in [-0.25, -0.2) is 0 Å². The van der Waals surface area contributed by atoms with E-state index in [-0.39, 0.29) is 12.1 Å². The molecule has 1 aromatic carbocycles. The topological polar surface area (TPSA) is 32.3 Å². The zero-order chi connectivity index (χ0) is 12.0. The maximum atomic E-state index is 11.9. The third-order valence-corrected chi connectivity index (χ3v) is 3.79. The summed E-state index contributed by atoms with van der Waals surface area (Å²) in [6.07, 6.45) is 1.23. The van der Waals surface area contributed by atoms with Crippen molar-refractivity contribution in [2.45, 2.75) is 32.5 Å². The lowest BCUT2D eigenvalue weighted by molar-refractivity contribution is -0.128. The quantitative estimate of drug-likeness (QED) is 0.840. The lowest BCUT2D eigenvalue weighted by Crippen LogP contribution is -2.33. The highest BCUT2D eigenvalue weighted by Gasteiger charge is 2.46. The van der Waals surface area contributed by atoms with E-state index in [1.807, 2.05) is 4.90 Å². The molecule has 0 radical (unpaired) electrons. The molecule has 90 valence electrons. The minimum Gasteiger partial charge on any atom is -0.319 e. The molecule has 1 aliphatic heterocycles. The molecule has 1 N–H and O–H groups in total. The summed E-state index contributed by atoms with van der Waals surface area (Å²) in [4.78, 5) is 14.0. The molecule has 1 saturated heterocycles. The molecule has 1 aromatic rings. The number of hydrogen-bond acceptors (Lipinski definition) is 2.